The Hall–Kier alpha value is -2.24. The fourth-order valence-electron chi connectivity index (χ4n) is 1.28. The summed E-state index contributed by atoms with van der Waals surface area (Å²) in [7, 11) is 0. The number of aryl methyl sites for hydroxylation is 1. The molecule has 2 aromatic rings. The Morgan fingerprint density at radius 1 is 1.69 bits per heavy atom. The van der Waals surface area contributed by atoms with Crippen LogP contribution in [0.5, 0.6) is 0 Å². The van der Waals surface area contributed by atoms with Crippen molar-refractivity contribution in [3.05, 3.63) is 35.5 Å². The van der Waals surface area contributed by atoms with E-state index >= 15 is 0 Å². The molecule has 2 heterocycles. The van der Waals surface area contributed by atoms with Crippen molar-refractivity contribution in [1.29, 1.82) is 0 Å². The molecule has 0 bridgehead atoms. The average molecular weight is 220 g/mol. The molecule has 0 saturated heterocycles. The molecule has 4 N–H and O–H groups in total. The van der Waals surface area contributed by atoms with E-state index in [0.29, 0.717) is 23.7 Å². The Morgan fingerprint density at radius 2 is 2.50 bits per heavy atom. The van der Waals surface area contributed by atoms with Crippen LogP contribution in [-0.4, -0.2) is 16.1 Å². The molecule has 0 unspecified atom stereocenters. The van der Waals surface area contributed by atoms with Crippen LogP contribution in [0.25, 0.3) is 0 Å². The van der Waals surface area contributed by atoms with Crippen LogP contribution >= 0.6 is 0 Å². The summed E-state index contributed by atoms with van der Waals surface area (Å²) in [4.78, 5) is 11.7. The molecule has 0 fully saturated rings. The Kier molecular flexibility index (Phi) is 2.63. The summed E-state index contributed by atoms with van der Waals surface area (Å²) in [5.74, 6) is 0.359. The third-order valence-corrected chi connectivity index (χ3v) is 2.21. The maximum Gasteiger partial charge on any atom is 0.274 e. The highest BCUT2D eigenvalue weighted by atomic mass is 16.3. The average Bonchev–Trinajstić information content (AvgIpc) is 2.88. The molecule has 6 heteroatoms. The predicted octanol–water partition coefficient (Wildman–Crippen LogP) is 0.823. The second-order valence-corrected chi connectivity index (χ2v) is 3.37. The number of nitrogen functional groups attached to an aromatic ring is 1. The highest BCUT2D eigenvalue weighted by Crippen LogP contribution is 2.12. The van der Waals surface area contributed by atoms with Crippen molar-refractivity contribution in [2.75, 3.05) is 5.73 Å². The van der Waals surface area contributed by atoms with Gasteiger partial charge in [0.15, 0.2) is 5.69 Å². The van der Waals surface area contributed by atoms with Gasteiger partial charge in [0.25, 0.3) is 5.91 Å². The number of anilines is 1. The van der Waals surface area contributed by atoms with Crippen molar-refractivity contribution in [2.24, 2.45) is 0 Å². The van der Waals surface area contributed by atoms with E-state index in [9.17, 15) is 4.79 Å². The summed E-state index contributed by atoms with van der Waals surface area (Å²) in [5.41, 5.74) is 6.94. The van der Waals surface area contributed by atoms with E-state index < -0.39 is 0 Å². The molecule has 0 atom stereocenters. The predicted molar refractivity (Wildman–Crippen MR) is 57.6 cm³/mol. The van der Waals surface area contributed by atoms with Crippen LogP contribution in [0.2, 0.25) is 0 Å². The molecule has 6 nitrogen and oxygen atoms in total. The molecule has 0 radical (unpaired) electrons. The highest BCUT2D eigenvalue weighted by molar-refractivity contribution is 5.97. The third-order valence-electron chi connectivity index (χ3n) is 2.21. The first kappa shape index (κ1) is 10.3. The van der Waals surface area contributed by atoms with E-state index in [0.717, 1.165) is 0 Å². The number of carbonyl (C=O) groups excluding carboxylic acids is 1. The van der Waals surface area contributed by atoms with Crippen LogP contribution in [0.3, 0.4) is 0 Å². The van der Waals surface area contributed by atoms with Crippen molar-refractivity contribution >= 4 is 11.6 Å². The number of rotatable bonds is 3. The summed E-state index contributed by atoms with van der Waals surface area (Å²) >= 11 is 0. The number of hydrogen-bond donors (Lipinski definition) is 3. The number of H-pyrrole nitrogens is 1. The van der Waals surface area contributed by atoms with Gasteiger partial charge in [0.1, 0.15) is 5.76 Å². The van der Waals surface area contributed by atoms with Crippen LogP contribution < -0.4 is 11.1 Å². The molecule has 0 saturated carbocycles. The lowest BCUT2D eigenvalue weighted by Gasteiger charge is -2.00. The van der Waals surface area contributed by atoms with Gasteiger partial charge >= 0.3 is 0 Å². The Morgan fingerprint density at radius 3 is 3.06 bits per heavy atom. The number of nitrogens with one attached hydrogen (secondary N) is 2. The molecular formula is C10H12N4O2. The maximum atomic E-state index is 11.7. The SMILES string of the molecule is Cc1[nH]nc(C(=O)NCc2ccco2)c1N. The summed E-state index contributed by atoms with van der Waals surface area (Å²) in [6, 6.07) is 3.54. The van der Waals surface area contributed by atoms with Crippen LogP contribution in [0.15, 0.2) is 22.8 Å². The van der Waals surface area contributed by atoms with Crippen molar-refractivity contribution < 1.29 is 9.21 Å². The molecule has 0 aliphatic rings. The van der Waals surface area contributed by atoms with Crippen LogP contribution in [0.1, 0.15) is 21.9 Å². The zero-order valence-electron chi connectivity index (χ0n) is 8.78. The standard InChI is InChI=1S/C10H12N4O2/c1-6-8(11)9(14-13-6)10(15)12-5-7-3-2-4-16-7/h2-4H,5,11H2,1H3,(H,12,15)(H,13,14). The van der Waals surface area contributed by atoms with Crippen molar-refractivity contribution in [1.82, 2.24) is 15.5 Å². The molecule has 1 amide bonds. The number of amides is 1. The molecule has 16 heavy (non-hydrogen) atoms. The fraction of sp³-hybridized carbons (Fsp3) is 0.200. The Bertz CT molecular complexity index is 487. The zero-order valence-corrected chi connectivity index (χ0v) is 8.78. The second kappa shape index (κ2) is 4.09. The van der Waals surface area contributed by atoms with Crippen molar-refractivity contribution in [3.63, 3.8) is 0 Å². The van der Waals surface area contributed by atoms with Gasteiger partial charge in [0, 0.05) is 0 Å². The number of carbonyl (C=O) groups is 1. The normalized spacial score (nSPS) is 10.3. The van der Waals surface area contributed by atoms with Gasteiger partial charge < -0.3 is 15.5 Å². The summed E-state index contributed by atoms with van der Waals surface area (Å²) in [5, 5.41) is 9.13. The monoisotopic (exact) mass is 220 g/mol. The van der Waals surface area contributed by atoms with Gasteiger partial charge in [-0.2, -0.15) is 5.10 Å². The molecule has 0 aliphatic carbocycles. The highest BCUT2D eigenvalue weighted by Gasteiger charge is 2.14. The first-order valence-corrected chi connectivity index (χ1v) is 4.79. The zero-order chi connectivity index (χ0) is 11.5. The number of nitrogens with two attached hydrogens (primary N) is 1. The van der Waals surface area contributed by atoms with E-state index in [2.05, 4.69) is 15.5 Å². The van der Waals surface area contributed by atoms with Gasteiger partial charge in [-0.1, -0.05) is 0 Å². The van der Waals surface area contributed by atoms with Gasteiger partial charge in [-0.3, -0.25) is 9.89 Å². The van der Waals surface area contributed by atoms with Gasteiger partial charge in [-0.15, -0.1) is 0 Å². The number of aromatic nitrogens is 2. The van der Waals surface area contributed by atoms with E-state index in [1.165, 1.54) is 0 Å². The van der Waals surface area contributed by atoms with Gasteiger partial charge in [-0.05, 0) is 19.1 Å². The van der Waals surface area contributed by atoms with Crippen LogP contribution in [-0.2, 0) is 6.54 Å². The van der Waals surface area contributed by atoms with Gasteiger partial charge in [-0.25, -0.2) is 0 Å². The summed E-state index contributed by atoms with van der Waals surface area (Å²) in [6.07, 6.45) is 1.55. The van der Waals surface area contributed by atoms with E-state index in [4.69, 9.17) is 10.2 Å². The quantitative estimate of drug-likeness (QED) is 0.713. The lowest BCUT2D eigenvalue weighted by Crippen LogP contribution is -2.23. The molecule has 2 rings (SSSR count). The van der Waals surface area contributed by atoms with E-state index in [1.807, 2.05) is 0 Å². The van der Waals surface area contributed by atoms with Gasteiger partial charge in [0.2, 0.25) is 0 Å². The van der Waals surface area contributed by atoms with Crippen LogP contribution in [0.4, 0.5) is 5.69 Å². The molecule has 0 aromatic carbocycles. The number of hydrogen-bond acceptors (Lipinski definition) is 4. The number of aromatic amines is 1. The first-order chi connectivity index (χ1) is 7.68. The third kappa shape index (κ3) is 1.90. The summed E-state index contributed by atoms with van der Waals surface area (Å²) < 4.78 is 5.08. The molecule has 0 spiro atoms. The molecule has 2 aromatic heterocycles. The lowest BCUT2D eigenvalue weighted by molar-refractivity contribution is 0.0944. The smallest absolute Gasteiger partial charge is 0.274 e. The number of nitrogens with zero attached hydrogens (tertiary/aromatic N) is 1. The minimum Gasteiger partial charge on any atom is -0.467 e. The first-order valence-electron chi connectivity index (χ1n) is 4.79. The van der Waals surface area contributed by atoms with E-state index in [-0.39, 0.29) is 11.6 Å². The topological polar surface area (TPSA) is 96.9 Å². The fourth-order valence-corrected chi connectivity index (χ4v) is 1.28. The summed E-state index contributed by atoms with van der Waals surface area (Å²) in [6.45, 7) is 2.07. The molecule has 0 aliphatic heterocycles. The van der Waals surface area contributed by atoms with Crippen molar-refractivity contribution in [2.45, 2.75) is 13.5 Å². The largest absolute Gasteiger partial charge is 0.467 e. The Labute approximate surface area is 91.8 Å². The second-order valence-electron chi connectivity index (χ2n) is 3.37. The number of furan rings is 1. The lowest BCUT2D eigenvalue weighted by atomic mass is 10.3. The van der Waals surface area contributed by atoms with E-state index in [1.54, 1.807) is 25.3 Å². The minimum absolute atomic E-state index is 0.212. The Balaban J connectivity index is 2.01. The van der Waals surface area contributed by atoms with Gasteiger partial charge in [0.05, 0.1) is 24.2 Å². The van der Waals surface area contributed by atoms with Crippen LogP contribution in [0, 0.1) is 6.92 Å². The maximum absolute atomic E-state index is 11.7. The molecule has 84 valence electrons. The van der Waals surface area contributed by atoms with Crippen molar-refractivity contribution in [3.8, 4) is 0 Å². The minimum atomic E-state index is -0.321. The molecular weight excluding hydrogens is 208 g/mol.